The highest BCUT2D eigenvalue weighted by Crippen LogP contribution is 2.50. The summed E-state index contributed by atoms with van der Waals surface area (Å²) in [5, 5.41) is 15.4. The summed E-state index contributed by atoms with van der Waals surface area (Å²) in [6.07, 6.45) is 0.868. The number of hydrogen-bond donors (Lipinski definition) is 0. The fourth-order valence-electron chi connectivity index (χ4n) is 13.7. The molecule has 6 nitrogen and oxygen atoms in total. The summed E-state index contributed by atoms with van der Waals surface area (Å²) in [4.78, 5) is 11.0. The molecule has 12 aromatic carbocycles. The molecule has 4 heterocycles. The van der Waals surface area contributed by atoms with Crippen LogP contribution in [0.5, 0.6) is 0 Å². The minimum atomic E-state index is -0.0509. The molecule has 8 heteroatoms. The van der Waals surface area contributed by atoms with Gasteiger partial charge in [0.1, 0.15) is 0 Å². The number of halogens is 2. The van der Waals surface area contributed by atoms with Gasteiger partial charge in [-0.25, -0.2) is 9.97 Å². The summed E-state index contributed by atoms with van der Waals surface area (Å²) in [6, 6.07) is 62.7. The molecule has 1 atom stereocenters. The highest BCUT2D eigenvalue weighted by molar-refractivity contribution is 6.41. The van der Waals surface area contributed by atoms with Crippen LogP contribution in [0.4, 0.5) is 0 Å². The molecule has 16 aromatic rings. The molecule has 1 unspecified atom stereocenters. The number of rotatable bonds is 3. The van der Waals surface area contributed by atoms with E-state index in [0.717, 1.165) is 106 Å². The summed E-state index contributed by atoms with van der Waals surface area (Å²) < 4.78 is 9.44. The van der Waals surface area contributed by atoms with E-state index in [9.17, 15) is 0 Å². The van der Waals surface area contributed by atoms with Crippen molar-refractivity contribution in [2.45, 2.75) is 52.4 Å². The van der Waals surface area contributed by atoms with Crippen molar-refractivity contribution in [2.75, 3.05) is 0 Å². The van der Waals surface area contributed by atoms with E-state index < -0.39 is 0 Å². The van der Waals surface area contributed by atoms with Crippen LogP contribution >= 0.6 is 23.2 Å². The number of hydrogen-bond acceptors (Lipinski definition) is 2. The third kappa shape index (κ3) is 5.47. The first kappa shape index (κ1) is 42.9. The van der Waals surface area contributed by atoms with Gasteiger partial charge in [-0.05, 0) is 152 Å². The van der Waals surface area contributed by atoms with Gasteiger partial charge in [0.15, 0.2) is 0 Å². The molecular formula is C68H46Cl2N6. The molecule has 1 aliphatic rings. The van der Waals surface area contributed by atoms with E-state index >= 15 is 0 Å². The number of aryl methyl sites for hydroxylation is 2. The highest BCUT2D eigenvalue weighted by Gasteiger charge is 2.32. The zero-order valence-electron chi connectivity index (χ0n) is 42.4. The monoisotopic (exact) mass is 1020 g/mol. The number of nitrogens with zero attached hydrogens (tertiary/aromatic N) is 6. The lowest BCUT2D eigenvalue weighted by atomic mass is 9.87. The molecular weight excluding hydrogens is 972 g/mol. The van der Waals surface area contributed by atoms with E-state index in [1.54, 1.807) is 0 Å². The second kappa shape index (κ2) is 14.7. The lowest BCUT2D eigenvalue weighted by molar-refractivity contribution is 0.591. The van der Waals surface area contributed by atoms with Gasteiger partial charge in [-0.15, -0.1) is 0 Å². The maximum Gasteiger partial charge on any atom is 0.220 e. The smallest absolute Gasteiger partial charge is 0.220 e. The minimum Gasteiger partial charge on any atom is -0.277 e. The Bertz CT molecular complexity index is 5300. The molecule has 17 rings (SSSR count). The molecule has 0 aliphatic heterocycles. The molecule has 0 saturated carbocycles. The largest absolute Gasteiger partial charge is 0.277 e. The van der Waals surface area contributed by atoms with Gasteiger partial charge in [-0.3, -0.25) is 17.9 Å². The van der Waals surface area contributed by atoms with Crippen LogP contribution in [0.2, 0.25) is 10.0 Å². The molecule has 0 spiro atoms. The Morgan fingerprint density at radius 1 is 0.461 bits per heavy atom. The zero-order chi connectivity index (χ0) is 50.8. The first-order valence-electron chi connectivity index (χ1n) is 26.3. The number of benzene rings is 11. The van der Waals surface area contributed by atoms with Crippen molar-refractivity contribution < 1.29 is 0 Å². The Morgan fingerprint density at radius 3 is 1.86 bits per heavy atom. The van der Waals surface area contributed by atoms with Crippen molar-refractivity contribution in [1.29, 1.82) is 0 Å². The molecule has 0 bridgehead atoms. The lowest BCUT2D eigenvalue weighted by Gasteiger charge is -2.22. The van der Waals surface area contributed by atoms with Gasteiger partial charge in [0.25, 0.3) is 0 Å². The lowest BCUT2D eigenvalue weighted by Crippen LogP contribution is -2.11. The van der Waals surface area contributed by atoms with Gasteiger partial charge in [-0.1, -0.05) is 153 Å². The van der Waals surface area contributed by atoms with Gasteiger partial charge in [0.2, 0.25) is 11.6 Å². The van der Waals surface area contributed by atoms with Crippen molar-refractivity contribution >= 4 is 144 Å². The first-order valence-corrected chi connectivity index (χ1v) is 27.1. The van der Waals surface area contributed by atoms with Crippen LogP contribution in [0, 0.1) is 13.8 Å². The fraction of sp³-hybridized carbons (Fsp3) is 0.118. The first-order chi connectivity index (χ1) is 37.0. The second-order valence-corrected chi connectivity index (χ2v) is 23.3. The van der Waals surface area contributed by atoms with Crippen molar-refractivity contribution in [3.8, 4) is 11.4 Å². The van der Waals surface area contributed by atoms with Crippen LogP contribution in [0.25, 0.3) is 132 Å². The molecule has 362 valence electrons. The van der Waals surface area contributed by atoms with E-state index in [1.165, 1.54) is 65.7 Å². The molecule has 0 radical (unpaired) electrons. The fourth-order valence-corrected chi connectivity index (χ4v) is 14.3. The van der Waals surface area contributed by atoms with Crippen molar-refractivity contribution in [3.63, 3.8) is 0 Å². The van der Waals surface area contributed by atoms with Crippen molar-refractivity contribution in [2.24, 2.45) is 0 Å². The molecule has 76 heavy (non-hydrogen) atoms. The maximum absolute atomic E-state index is 7.92. The Labute approximate surface area is 445 Å². The molecule has 0 fully saturated rings. The average Bonchev–Trinajstić information content (AvgIpc) is 4.32. The average molecular weight is 1020 g/mol. The topological polar surface area (TPSA) is 44.5 Å². The van der Waals surface area contributed by atoms with E-state index in [4.69, 9.17) is 33.2 Å². The third-order valence-electron chi connectivity index (χ3n) is 17.4. The quantitative estimate of drug-likeness (QED) is 0.166. The SMILES string of the molecule is Cc1cc2nc3n(-c4c(Cl)c5ccccc5c5cc(C6Cc7ccc8c9c7c6ccc9n(-c6c(Cl)ccc7ccccc67)c6nc7ccc(C(C)(C)C)cc7n86)ccc45)c4ccc5ccc6ccc(c4c56)n3c2cc1C. The van der Waals surface area contributed by atoms with E-state index in [0.29, 0.717) is 10.0 Å². The Morgan fingerprint density at radius 2 is 1.08 bits per heavy atom. The van der Waals surface area contributed by atoms with Crippen LogP contribution in [-0.4, -0.2) is 27.9 Å². The Balaban J connectivity index is 0.941. The summed E-state index contributed by atoms with van der Waals surface area (Å²) in [6.45, 7) is 11.2. The standard InChI is InChI=1S/C68H46Cl2N6/c1-35-30-52-57(31-36(35)2)73-53-26-18-38-14-15-39-19-27-55(61(53)59(38)39)76(67(73)72-52)65-47-22-16-40(32-49(47)44-12-8-9-13-46(44)63(65)70)48-33-41-20-28-54-62-56(29-23-45(48)60(41)62)75(64-43-11-7-6-10-37(43)17-24-50(64)69)66-71-51-25-21-42(68(3,4)5)34-58(51)74(54)66/h6-32,34,48H,33H2,1-5H3. The number of aromatic nitrogens is 6. The number of imidazole rings is 2. The van der Waals surface area contributed by atoms with Crippen LogP contribution in [0.1, 0.15) is 60.1 Å². The predicted octanol–water partition coefficient (Wildman–Crippen LogP) is 18.4. The summed E-state index contributed by atoms with van der Waals surface area (Å²) in [5.41, 5.74) is 18.0. The van der Waals surface area contributed by atoms with Crippen LogP contribution in [0.15, 0.2) is 170 Å². The molecule has 1 aliphatic carbocycles. The van der Waals surface area contributed by atoms with E-state index in [-0.39, 0.29) is 11.3 Å². The van der Waals surface area contributed by atoms with Gasteiger partial charge in [-0.2, -0.15) is 0 Å². The molecule has 4 aromatic heterocycles. The third-order valence-corrected chi connectivity index (χ3v) is 18.1. The zero-order valence-corrected chi connectivity index (χ0v) is 43.9. The second-order valence-electron chi connectivity index (χ2n) is 22.5. The van der Waals surface area contributed by atoms with Crippen LogP contribution in [0.3, 0.4) is 0 Å². The van der Waals surface area contributed by atoms with Gasteiger partial charge in [0, 0.05) is 38.2 Å². The Hall–Kier alpha value is -8.42. The van der Waals surface area contributed by atoms with Crippen LogP contribution < -0.4 is 0 Å². The van der Waals surface area contributed by atoms with Gasteiger partial charge < -0.3 is 0 Å². The van der Waals surface area contributed by atoms with Crippen LogP contribution in [-0.2, 0) is 11.8 Å². The highest BCUT2D eigenvalue weighted by atomic mass is 35.5. The minimum absolute atomic E-state index is 0.0509. The van der Waals surface area contributed by atoms with E-state index in [1.807, 2.05) is 6.07 Å². The predicted molar refractivity (Wildman–Crippen MR) is 319 cm³/mol. The summed E-state index contributed by atoms with van der Waals surface area (Å²) in [7, 11) is 0. The molecule has 0 amide bonds. The summed E-state index contributed by atoms with van der Waals surface area (Å²) in [5.74, 6) is 1.76. The van der Waals surface area contributed by atoms with Crippen molar-refractivity contribution in [1.82, 2.24) is 27.9 Å². The maximum atomic E-state index is 7.92. The normalized spacial score (nSPS) is 14.3. The van der Waals surface area contributed by atoms with Crippen molar-refractivity contribution in [3.05, 3.63) is 213 Å². The number of fused-ring (bicyclic) bond motifs is 12. The van der Waals surface area contributed by atoms with Gasteiger partial charge >= 0.3 is 0 Å². The van der Waals surface area contributed by atoms with Gasteiger partial charge in [0.05, 0.1) is 65.6 Å². The Kier molecular flexibility index (Phi) is 8.29. The molecule has 0 saturated heterocycles. The summed E-state index contributed by atoms with van der Waals surface area (Å²) >= 11 is 15.3. The molecule has 0 N–H and O–H groups in total. The van der Waals surface area contributed by atoms with E-state index in [2.05, 4.69) is 216 Å².